The Kier molecular flexibility index (Phi) is 5.94. The van der Waals surface area contributed by atoms with E-state index in [9.17, 15) is 0 Å². The number of nitrogens with zero attached hydrogens (tertiary/aromatic N) is 5. The lowest BCUT2D eigenvalue weighted by Gasteiger charge is -2.36. The first-order valence-corrected chi connectivity index (χ1v) is 12.6. The molecule has 0 amide bonds. The van der Waals surface area contributed by atoms with Gasteiger partial charge in [0.1, 0.15) is 22.8 Å². The van der Waals surface area contributed by atoms with E-state index in [-0.39, 0.29) is 5.60 Å². The van der Waals surface area contributed by atoms with Gasteiger partial charge in [0.05, 0.1) is 35.6 Å². The lowest BCUT2D eigenvalue weighted by Crippen LogP contribution is -2.39. The zero-order valence-corrected chi connectivity index (χ0v) is 20.4. The molecule has 0 radical (unpaired) electrons. The number of aromatic nitrogens is 3. The molecule has 3 aromatic rings. The van der Waals surface area contributed by atoms with E-state index in [2.05, 4.69) is 37.5 Å². The number of ether oxygens (including phenoxy) is 2. The summed E-state index contributed by atoms with van der Waals surface area (Å²) in [6.07, 6.45) is 4.91. The third kappa shape index (κ3) is 3.82. The molecule has 2 aliphatic rings. The minimum absolute atomic E-state index is 0.204. The van der Waals surface area contributed by atoms with Crippen molar-refractivity contribution in [3.63, 3.8) is 0 Å². The monoisotopic (exact) mass is 455 g/mol. The van der Waals surface area contributed by atoms with Crippen LogP contribution in [0.3, 0.4) is 0 Å². The van der Waals surface area contributed by atoms with Crippen molar-refractivity contribution in [1.29, 1.82) is 0 Å². The quantitative estimate of drug-likeness (QED) is 0.540. The topological polar surface area (TPSA) is 63.6 Å². The van der Waals surface area contributed by atoms with Gasteiger partial charge in [-0.2, -0.15) is 0 Å². The largest absolute Gasteiger partial charge is 0.378 e. The molecule has 3 aromatic heterocycles. The number of thiophene rings is 1. The van der Waals surface area contributed by atoms with Gasteiger partial charge >= 0.3 is 0 Å². The van der Waals surface area contributed by atoms with Gasteiger partial charge in [-0.3, -0.25) is 0 Å². The highest BCUT2D eigenvalue weighted by atomic mass is 32.1. The van der Waals surface area contributed by atoms with Crippen molar-refractivity contribution in [1.82, 2.24) is 15.0 Å². The number of hydrogen-bond donors (Lipinski definition) is 0. The van der Waals surface area contributed by atoms with Crippen molar-refractivity contribution in [2.45, 2.75) is 59.2 Å². The van der Waals surface area contributed by atoms with Gasteiger partial charge in [-0.15, -0.1) is 11.3 Å². The molecule has 0 aliphatic carbocycles. The molecule has 0 spiro atoms. The van der Waals surface area contributed by atoms with Gasteiger partial charge in [0, 0.05) is 43.5 Å². The Morgan fingerprint density at radius 3 is 2.72 bits per heavy atom. The highest BCUT2D eigenvalue weighted by Crippen LogP contribution is 2.44. The lowest BCUT2D eigenvalue weighted by atomic mass is 9.90. The first-order chi connectivity index (χ1) is 15.5. The van der Waals surface area contributed by atoms with E-state index < -0.39 is 0 Å². The van der Waals surface area contributed by atoms with Crippen LogP contribution in [-0.4, -0.2) is 59.9 Å². The summed E-state index contributed by atoms with van der Waals surface area (Å²) in [6.45, 7) is 14.5. The van der Waals surface area contributed by atoms with Gasteiger partial charge in [0.25, 0.3) is 0 Å². The van der Waals surface area contributed by atoms with Gasteiger partial charge in [-0.25, -0.2) is 15.0 Å². The van der Waals surface area contributed by atoms with Crippen LogP contribution in [-0.2, 0) is 22.5 Å². The Labute approximate surface area is 193 Å². The summed E-state index contributed by atoms with van der Waals surface area (Å²) < 4.78 is 13.0. The van der Waals surface area contributed by atoms with Gasteiger partial charge in [-0.05, 0) is 32.8 Å². The highest BCUT2D eigenvalue weighted by Gasteiger charge is 2.33. The molecule has 5 heterocycles. The normalized spacial score (nSPS) is 18.3. The van der Waals surface area contributed by atoms with E-state index in [1.165, 1.54) is 22.9 Å². The maximum Gasteiger partial charge on any atom is 0.150 e. The van der Waals surface area contributed by atoms with Gasteiger partial charge in [-0.1, -0.05) is 13.3 Å². The smallest absolute Gasteiger partial charge is 0.150 e. The van der Waals surface area contributed by atoms with Crippen molar-refractivity contribution in [3.8, 4) is 0 Å². The zero-order valence-electron chi connectivity index (χ0n) is 19.6. The molecular formula is C24H33N5O2S. The third-order valence-electron chi connectivity index (χ3n) is 6.56. The molecule has 5 rings (SSSR count). The number of pyridine rings is 1. The van der Waals surface area contributed by atoms with Crippen LogP contribution in [0.1, 0.15) is 51.7 Å². The maximum absolute atomic E-state index is 6.25. The minimum Gasteiger partial charge on any atom is -0.378 e. The van der Waals surface area contributed by atoms with E-state index in [0.29, 0.717) is 6.61 Å². The number of hydrogen-bond acceptors (Lipinski definition) is 8. The van der Waals surface area contributed by atoms with Crippen LogP contribution in [0.2, 0.25) is 0 Å². The van der Waals surface area contributed by atoms with Crippen LogP contribution < -0.4 is 9.80 Å². The highest BCUT2D eigenvalue weighted by molar-refractivity contribution is 7.26. The van der Waals surface area contributed by atoms with E-state index in [4.69, 9.17) is 24.4 Å². The summed E-state index contributed by atoms with van der Waals surface area (Å²) in [6, 6.07) is 0. The van der Waals surface area contributed by atoms with Crippen LogP contribution in [0.4, 0.5) is 11.6 Å². The predicted molar refractivity (Wildman–Crippen MR) is 131 cm³/mol. The molecular weight excluding hydrogens is 422 g/mol. The number of anilines is 2. The zero-order chi connectivity index (χ0) is 22.3. The standard InChI is InChI=1S/C24H33N5O2S/c1-5-7-8-28(6-2)22-20-19(25-15-26-22)18-16-13-24(3,4)31-14-17(16)21(27-23(18)32-20)29-9-11-30-12-10-29/h15H,5-14H2,1-4H3. The van der Waals surface area contributed by atoms with Crippen LogP contribution in [0.25, 0.3) is 20.4 Å². The van der Waals surface area contributed by atoms with Crippen LogP contribution >= 0.6 is 11.3 Å². The van der Waals surface area contributed by atoms with Crippen molar-refractivity contribution in [2.75, 3.05) is 49.2 Å². The predicted octanol–water partition coefficient (Wildman–Crippen LogP) is 4.55. The molecule has 172 valence electrons. The summed E-state index contributed by atoms with van der Waals surface area (Å²) in [7, 11) is 0. The minimum atomic E-state index is -0.204. The fourth-order valence-electron chi connectivity index (χ4n) is 4.80. The SMILES string of the molecule is CCCCN(CC)c1ncnc2c1sc1nc(N3CCOCC3)c3c(c12)CC(C)(C)OC3. The second kappa shape index (κ2) is 8.72. The average Bonchev–Trinajstić information content (AvgIpc) is 3.18. The molecule has 0 aromatic carbocycles. The summed E-state index contributed by atoms with van der Waals surface area (Å²) in [5.74, 6) is 2.10. The van der Waals surface area contributed by atoms with Crippen molar-refractivity contribution < 1.29 is 9.47 Å². The molecule has 8 heteroatoms. The van der Waals surface area contributed by atoms with Crippen molar-refractivity contribution in [2.24, 2.45) is 0 Å². The van der Waals surface area contributed by atoms with E-state index in [1.54, 1.807) is 17.7 Å². The van der Waals surface area contributed by atoms with E-state index in [0.717, 1.165) is 78.9 Å². The van der Waals surface area contributed by atoms with Crippen LogP contribution in [0, 0.1) is 0 Å². The van der Waals surface area contributed by atoms with Crippen LogP contribution in [0.15, 0.2) is 6.33 Å². The van der Waals surface area contributed by atoms with Gasteiger partial charge in [0.2, 0.25) is 0 Å². The number of fused-ring (bicyclic) bond motifs is 5. The molecule has 32 heavy (non-hydrogen) atoms. The summed E-state index contributed by atoms with van der Waals surface area (Å²) >= 11 is 1.74. The first kappa shape index (κ1) is 21.8. The molecule has 0 N–H and O–H groups in total. The fraction of sp³-hybridized carbons (Fsp3) is 0.625. The molecule has 7 nitrogen and oxygen atoms in total. The third-order valence-corrected chi connectivity index (χ3v) is 7.63. The second-order valence-corrected chi connectivity index (χ2v) is 10.3. The number of unbranched alkanes of at least 4 members (excludes halogenated alkanes) is 1. The Balaban J connectivity index is 1.73. The van der Waals surface area contributed by atoms with Gasteiger partial charge < -0.3 is 19.3 Å². The molecule has 0 unspecified atom stereocenters. The molecule has 0 atom stereocenters. The Morgan fingerprint density at radius 1 is 1.16 bits per heavy atom. The molecule has 1 saturated heterocycles. The van der Waals surface area contributed by atoms with Crippen molar-refractivity contribution >= 4 is 43.4 Å². The number of morpholine rings is 1. The summed E-state index contributed by atoms with van der Waals surface area (Å²) in [4.78, 5) is 20.5. The molecule has 1 fully saturated rings. The molecule has 0 bridgehead atoms. The number of rotatable bonds is 6. The summed E-state index contributed by atoms with van der Waals surface area (Å²) in [5.41, 5.74) is 3.40. The Bertz CT molecular complexity index is 1120. The molecule has 2 aliphatic heterocycles. The molecule has 0 saturated carbocycles. The fourth-order valence-corrected chi connectivity index (χ4v) is 5.97. The van der Waals surface area contributed by atoms with Gasteiger partial charge in [0.15, 0.2) is 0 Å². The Hall–Kier alpha value is -2.03. The first-order valence-electron chi connectivity index (χ1n) is 11.8. The average molecular weight is 456 g/mol. The lowest BCUT2D eigenvalue weighted by molar-refractivity contribution is -0.0396. The van der Waals surface area contributed by atoms with E-state index >= 15 is 0 Å². The van der Waals surface area contributed by atoms with Crippen LogP contribution in [0.5, 0.6) is 0 Å². The summed E-state index contributed by atoms with van der Waals surface area (Å²) in [5, 5.41) is 1.20. The van der Waals surface area contributed by atoms with E-state index in [1.807, 2.05) is 0 Å². The van der Waals surface area contributed by atoms with Crippen molar-refractivity contribution in [3.05, 3.63) is 17.5 Å². The maximum atomic E-state index is 6.25. The second-order valence-electron chi connectivity index (χ2n) is 9.31. The Morgan fingerprint density at radius 2 is 1.97 bits per heavy atom.